The minimum absolute atomic E-state index is 0.253. The monoisotopic (exact) mass is 298 g/mol. The van der Waals surface area contributed by atoms with Crippen molar-refractivity contribution >= 4 is 0 Å². The third-order valence-corrected chi connectivity index (χ3v) is 10.7. The first-order chi connectivity index (χ1) is 10.6. The van der Waals surface area contributed by atoms with Crippen LogP contribution in [0, 0.1) is 59.2 Å². The van der Waals surface area contributed by atoms with Crippen molar-refractivity contribution in [2.24, 2.45) is 59.2 Å². The van der Waals surface area contributed by atoms with Gasteiger partial charge in [0.05, 0.1) is 23.4 Å². The Morgan fingerprint density at radius 2 is 1.05 bits per heavy atom. The maximum Gasteiger partial charge on any atom is 0.0726 e. The molecule has 6 saturated carbocycles. The summed E-state index contributed by atoms with van der Waals surface area (Å²) in [5.74, 6) is 9.21. The van der Waals surface area contributed by atoms with Crippen LogP contribution in [-0.2, 0) is 9.47 Å². The van der Waals surface area contributed by atoms with Crippen LogP contribution in [0.2, 0.25) is 0 Å². The average Bonchev–Trinajstić information content (AvgIpc) is 3.19. The molecule has 0 amide bonds. The first-order valence-corrected chi connectivity index (χ1v) is 10.0. The minimum Gasteiger partial charge on any atom is -0.371 e. The van der Waals surface area contributed by atoms with Gasteiger partial charge in [-0.1, -0.05) is 0 Å². The molecule has 14 atom stereocenters. The molecule has 2 heteroatoms. The van der Waals surface area contributed by atoms with Crippen molar-refractivity contribution in [2.75, 3.05) is 0 Å². The summed E-state index contributed by atoms with van der Waals surface area (Å²) in [5.41, 5.74) is 0.507. The van der Waals surface area contributed by atoms with Crippen LogP contribution in [-0.4, -0.2) is 23.4 Å². The molecule has 0 unspecified atom stereocenters. The molecular formula is C20H26O2. The third kappa shape index (κ3) is 0.775. The van der Waals surface area contributed by atoms with Gasteiger partial charge in [0.25, 0.3) is 0 Å². The van der Waals surface area contributed by atoms with Crippen LogP contribution in [0.4, 0.5) is 0 Å². The summed E-state index contributed by atoms with van der Waals surface area (Å²) in [4.78, 5) is 0. The Morgan fingerprint density at radius 3 is 1.50 bits per heavy atom. The van der Waals surface area contributed by atoms with E-state index in [0.717, 1.165) is 59.2 Å². The van der Waals surface area contributed by atoms with Gasteiger partial charge in [0.1, 0.15) is 0 Å². The van der Waals surface area contributed by atoms with Gasteiger partial charge in [-0.15, -0.1) is 0 Å². The van der Waals surface area contributed by atoms with Gasteiger partial charge in [-0.3, -0.25) is 0 Å². The molecule has 118 valence electrons. The van der Waals surface area contributed by atoms with Gasteiger partial charge in [0, 0.05) is 0 Å². The minimum atomic E-state index is 0.253. The van der Waals surface area contributed by atoms with E-state index in [1.165, 1.54) is 25.7 Å². The lowest BCUT2D eigenvalue weighted by Gasteiger charge is -2.36. The molecule has 2 aliphatic heterocycles. The van der Waals surface area contributed by atoms with Crippen LogP contribution < -0.4 is 0 Å². The van der Waals surface area contributed by atoms with Crippen LogP contribution in [0.5, 0.6) is 0 Å². The van der Waals surface area contributed by atoms with E-state index in [9.17, 15) is 0 Å². The van der Waals surface area contributed by atoms with Crippen LogP contribution in [0.1, 0.15) is 39.5 Å². The van der Waals surface area contributed by atoms with E-state index in [4.69, 9.17) is 9.47 Å². The summed E-state index contributed by atoms with van der Waals surface area (Å²) in [5, 5.41) is 0. The molecule has 2 saturated heterocycles. The van der Waals surface area contributed by atoms with Crippen molar-refractivity contribution in [3.8, 4) is 0 Å². The molecule has 2 nitrogen and oxygen atoms in total. The summed E-state index contributed by atoms with van der Waals surface area (Å²) in [6.07, 6.45) is 6.80. The average molecular weight is 298 g/mol. The van der Waals surface area contributed by atoms with Crippen molar-refractivity contribution in [2.45, 2.75) is 62.9 Å². The van der Waals surface area contributed by atoms with Crippen molar-refractivity contribution in [3.05, 3.63) is 0 Å². The van der Waals surface area contributed by atoms with Gasteiger partial charge in [-0.2, -0.15) is 0 Å². The maximum atomic E-state index is 6.93. The van der Waals surface area contributed by atoms with E-state index in [1.807, 2.05) is 0 Å². The molecule has 0 spiro atoms. The van der Waals surface area contributed by atoms with Crippen molar-refractivity contribution in [1.29, 1.82) is 0 Å². The van der Waals surface area contributed by atoms with E-state index in [2.05, 4.69) is 13.8 Å². The summed E-state index contributed by atoms with van der Waals surface area (Å²) in [6, 6.07) is 0. The van der Waals surface area contributed by atoms with Crippen LogP contribution in [0.25, 0.3) is 0 Å². The Kier molecular flexibility index (Phi) is 1.49. The zero-order valence-electron chi connectivity index (χ0n) is 13.6. The molecule has 0 bridgehead atoms. The molecule has 0 aromatic heterocycles. The lowest BCUT2D eigenvalue weighted by Crippen LogP contribution is -2.42. The predicted octanol–water partition coefficient (Wildman–Crippen LogP) is 3.11. The summed E-state index contributed by atoms with van der Waals surface area (Å²) in [6.45, 7) is 5.12. The van der Waals surface area contributed by atoms with Gasteiger partial charge < -0.3 is 9.47 Å². The largest absolute Gasteiger partial charge is 0.371 e. The van der Waals surface area contributed by atoms with Crippen molar-refractivity contribution in [3.63, 3.8) is 0 Å². The first-order valence-electron chi connectivity index (χ1n) is 10.0. The highest BCUT2D eigenvalue weighted by atomic mass is 16.5. The van der Waals surface area contributed by atoms with E-state index < -0.39 is 0 Å². The lowest BCUT2D eigenvalue weighted by atomic mass is 9.72. The number of ether oxygens (including phenoxy) is 2. The lowest BCUT2D eigenvalue weighted by molar-refractivity contribution is -0.109. The van der Waals surface area contributed by atoms with Gasteiger partial charge in [0.15, 0.2) is 0 Å². The van der Waals surface area contributed by atoms with Gasteiger partial charge in [-0.25, -0.2) is 0 Å². The predicted molar refractivity (Wildman–Crippen MR) is 79.9 cm³/mol. The fraction of sp³-hybridized carbons (Fsp3) is 1.00. The quantitative estimate of drug-likeness (QED) is 0.684. The topological polar surface area (TPSA) is 18.5 Å². The number of rotatable bonds is 0. The number of fused-ring (bicyclic) bond motifs is 4. The van der Waals surface area contributed by atoms with E-state index in [0.29, 0.717) is 12.2 Å². The van der Waals surface area contributed by atoms with Gasteiger partial charge >= 0.3 is 0 Å². The maximum absolute atomic E-state index is 6.93. The fourth-order valence-corrected chi connectivity index (χ4v) is 11.2. The van der Waals surface area contributed by atoms with Crippen molar-refractivity contribution in [1.82, 2.24) is 0 Å². The zero-order valence-corrected chi connectivity index (χ0v) is 13.6. The molecule has 0 radical (unpaired) electrons. The highest BCUT2D eigenvalue weighted by molar-refractivity contribution is 5.35. The molecule has 8 rings (SSSR count). The first kappa shape index (κ1) is 11.5. The smallest absolute Gasteiger partial charge is 0.0726 e. The normalized spacial score (nSPS) is 83.2. The highest BCUT2D eigenvalue weighted by Gasteiger charge is 2.88. The highest BCUT2D eigenvalue weighted by Crippen LogP contribution is 2.86. The molecule has 8 fully saturated rings. The second-order valence-corrected chi connectivity index (χ2v) is 10.6. The second-order valence-electron chi connectivity index (χ2n) is 10.6. The van der Waals surface area contributed by atoms with E-state index in [-0.39, 0.29) is 11.2 Å². The van der Waals surface area contributed by atoms with Gasteiger partial charge in [0.2, 0.25) is 0 Å². The Bertz CT molecular complexity index is 577. The van der Waals surface area contributed by atoms with Crippen molar-refractivity contribution < 1.29 is 9.47 Å². The molecule has 0 aromatic carbocycles. The molecule has 8 aliphatic rings. The zero-order chi connectivity index (χ0) is 14.2. The van der Waals surface area contributed by atoms with Crippen LogP contribution in [0.15, 0.2) is 0 Å². The standard InChI is InChI=1S/C20H26O2/c1-19-15-7-3-6-10-12(7)18-13(15)14-16(20(18,2)22-10)8-4-5-9(21-19)11(8)17(14)19/h7-18H,3-6H2,1-2H3/t7-,8+,9+,10-,11-,12-,13-,14+,15-,16+,17+,18-,19-,20+/m1/s1. The Hall–Kier alpha value is -0.0800. The Balaban J connectivity index is 1.46. The van der Waals surface area contributed by atoms with Gasteiger partial charge in [-0.05, 0) is 98.7 Å². The van der Waals surface area contributed by atoms with Crippen LogP contribution >= 0.6 is 0 Å². The molecule has 22 heavy (non-hydrogen) atoms. The Labute approximate surface area is 132 Å². The third-order valence-electron chi connectivity index (χ3n) is 10.7. The van der Waals surface area contributed by atoms with E-state index >= 15 is 0 Å². The Morgan fingerprint density at radius 1 is 0.591 bits per heavy atom. The number of hydrogen-bond donors (Lipinski definition) is 0. The molecule has 0 N–H and O–H groups in total. The molecule has 0 aromatic rings. The fourth-order valence-electron chi connectivity index (χ4n) is 11.2. The number of hydrogen-bond acceptors (Lipinski definition) is 2. The summed E-state index contributed by atoms with van der Waals surface area (Å²) >= 11 is 0. The van der Waals surface area contributed by atoms with Crippen LogP contribution in [0.3, 0.4) is 0 Å². The molecular weight excluding hydrogens is 272 g/mol. The molecule has 2 heterocycles. The summed E-state index contributed by atoms with van der Waals surface area (Å²) < 4.78 is 13.9. The summed E-state index contributed by atoms with van der Waals surface area (Å²) in [7, 11) is 0. The SMILES string of the molecule is C[C@]12O[C@H]3CC[C@H]4[C@H]3[C@H]1[C@H]1[C@H]3[C@H]5[C@@H]6[C@@H](CC[C@H]6O[C@@]5(C)[C@@H]41)[C@H]32. The molecule has 6 aliphatic carbocycles. The second kappa shape index (κ2) is 2.86. The van der Waals surface area contributed by atoms with E-state index in [1.54, 1.807) is 0 Å².